The van der Waals surface area contributed by atoms with E-state index in [0.717, 1.165) is 0 Å². The Labute approximate surface area is 199 Å². The van der Waals surface area contributed by atoms with E-state index in [1.807, 2.05) is 13.8 Å². The van der Waals surface area contributed by atoms with Crippen LogP contribution in [0.3, 0.4) is 0 Å². The van der Waals surface area contributed by atoms with Crippen molar-refractivity contribution in [2.45, 2.75) is 19.9 Å². The van der Waals surface area contributed by atoms with Crippen LogP contribution in [0, 0.1) is 0 Å². The van der Waals surface area contributed by atoms with E-state index < -0.39 is 17.7 Å². The molecule has 1 fully saturated rings. The predicted octanol–water partition coefficient (Wildman–Crippen LogP) is 5.22. The quantitative estimate of drug-likeness (QED) is 0.281. The summed E-state index contributed by atoms with van der Waals surface area (Å²) in [5, 5.41) is 13.7. The molecule has 170 valence electrons. The fourth-order valence-electron chi connectivity index (χ4n) is 3.68. The monoisotopic (exact) mass is 484 g/mol. The van der Waals surface area contributed by atoms with Gasteiger partial charge in [0.05, 0.1) is 24.8 Å². The zero-order valence-electron chi connectivity index (χ0n) is 17.9. The number of aliphatic hydroxyl groups is 1. The SMILES string of the molecule is CCOc1ccc(C2C(=C(O)c3ccc(Cl)cc3)C(=O)C(=O)N2c2nccs2)cc1OCC. The number of thiazole rings is 1. The lowest BCUT2D eigenvalue weighted by atomic mass is 9.95. The van der Waals surface area contributed by atoms with Gasteiger partial charge in [-0.15, -0.1) is 11.3 Å². The standard InChI is InChI=1S/C24H21ClN2O5S/c1-3-31-17-10-7-15(13-18(17)32-4-2)20-19(21(28)14-5-8-16(25)9-6-14)22(29)23(30)27(20)24-26-11-12-33-24/h5-13,20,28H,3-4H2,1-2H3. The Bertz CT molecular complexity index is 1210. The molecule has 33 heavy (non-hydrogen) atoms. The summed E-state index contributed by atoms with van der Waals surface area (Å²) in [4.78, 5) is 31.8. The van der Waals surface area contributed by atoms with E-state index >= 15 is 0 Å². The van der Waals surface area contributed by atoms with Crippen LogP contribution in [0.1, 0.15) is 31.0 Å². The van der Waals surface area contributed by atoms with Gasteiger partial charge in [-0.3, -0.25) is 14.5 Å². The summed E-state index contributed by atoms with van der Waals surface area (Å²) in [6.07, 6.45) is 1.55. The van der Waals surface area contributed by atoms with Crippen molar-refractivity contribution in [2.75, 3.05) is 18.1 Å². The molecular weight excluding hydrogens is 464 g/mol. The fourth-order valence-corrected chi connectivity index (χ4v) is 4.47. The highest BCUT2D eigenvalue weighted by Gasteiger charge is 2.48. The highest BCUT2D eigenvalue weighted by atomic mass is 35.5. The summed E-state index contributed by atoms with van der Waals surface area (Å²) in [6, 6.07) is 10.7. The number of carbonyl (C=O) groups excluding carboxylic acids is 2. The maximum atomic E-state index is 13.1. The second-order valence-electron chi connectivity index (χ2n) is 7.06. The van der Waals surface area contributed by atoms with Crippen LogP contribution in [0.15, 0.2) is 59.6 Å². The van der Waals surface area contributed by atoms with E-state index in [1.54, 1.807) is 54.0 Å². The first-order valence-corrected chi connectivity index (χ1v) is 11.6. The van der Waals surface area contributed by atoms with E-state index in [-0.39, 0.29) is 11.3 Å². The summed E-state index contributed by atoms with van der Waals surface area (Å²) >= 11 is 7.20. The number of rotatable bonds is 7. The van der Waals surface area contributed by atoms with Crippen molar-refractivity contribution in [1.29, 1.82) is 0 Å². The Morgan fingerprint density at radius 2 is 1.79 bits per heavy atom. The van der Waals surface area contributed by atoms with Crippen molar-refractivity contribution in [3.63, 3.8) is 0 Å². The van der Waals surface area contributed by atoms with Gasteiger partial charge in [-0.2, -0.15) is 0 Å². The van der Waals surface area contributed by atoms with Gasteiger partial charge in [-0.05, 0) is 55.8 Å². The van der Waals surface area contributed by atoms with Crippen LogP contribution in [0.5, 0.6) is 11.5 Å². The molecule has 1 aliphatic heterocycles. The number of nitrogens with zero attached hydrogens (tertiary/aromatic N) is 2. The van der Waals surface area contributed by atoms with Crippen molar-refractivity contribution in [3.05, 3.63) is 75.8 Å². The molecule has 9 heteroatoms. The van der Waals surface area contributed by atoms with E-state index in [2.05, 4.69) is 4.98 Å². The van der Waals surface area contributed by atoms with Crippen LogP contribution in [-0.2, 0) is 9.59 Å². The summed E-state index contributed by atoms with van der Waals surface area (Å²) < 4.78 is 11.4. The molecule has 0 spiro atoms. The van der Waals surface area contributed by atoms with Gasteiger partial charge in [0.1, 0.15) is 5.76 Å². The van der Waals surface area contributed by atoms with Gasteiger partial charge in [0.15, 0.2) is 16.6 Å². The van der Waals surface area contributed by atoms with Crippen molar-refractivity contribution >= 4 is 45.5 Å². The highest BCUT2D eigenvalue weighted by molar-refractivity contribution is 7.14. The van der Waals surface area contributed by atoms with E-state index in [9.17, 15) is 14.7 Å². The number of Topliss-reactive ketones (excluding diaryl/α,β-unsaturated/α-hetero) is 1. The third-order valence-electron chi connectivity index (χ3n) is 5.07. The molecule has 1 saturated heterocycles. The molecule has 2 heterocycles. The maximum Gasteiger partial charge on any atom is 0.301 e. The third-order valence-corrected chi connectivity index (χ3v) is 6.09. The smallest absolute Gasteiger partial charge is 0.301 e. The first kappa shape index (κ1) is 22.8. The molecule has 1 aliphatic rings. The summed E-state index contributed by atoms with van der Waals surface area (Å²) in [7, 11) is 0. The number of carbonyl (C=O) groups is 2. The van der Waals surface area contributed by atoms with Crippen molar-refractivity contribution in [1.82, 2.24) is 4.98 Å². The van der Waals surface area contributed by atoms with Gasteiger partial charge in [0.2, 0.25) is 0 Å². The lowest BCUT2D eigenvalue weighted by Gasteiger charge is -2.24. The van der Waals surface area contributed by atoms with Gasteiger partial charge in [-0.1, -0.05) is 17.7 Å². The summed E-state index contributed by atoms with van der Waals surface area (Å²) in [5.74, 6) is -0.826. The number of hydrogen-bond donors (Lipinski definition) is 1. The molecule has 0 aliphatic carbocycles. The largest absolute Gasteiger partial charge is 0.507 e. The molecule has 1 atom stereocenters. The first-order valence-electron chi connectivity index (χ1n) is 10.3. The van der Waals surface area contributed by atoms with Crippen LogP contribution in [0.25, 0.3) is 5.76 Å². The molecule has 0 radical (unpaired) electrons. The number of halogens is 1. The molecule has 7 nitrogen and oxygen atoms in total. The Morgan fingerprint density at radius 1 is 1.09 bits per heavy atom. The van der Waals surface area contributed by atoms with Gasteiger partial charge in [0, 0.05) is 22.2 Å². The normalized spacial score (nSPS) is 17.4. The first-order chi connectivity index (χ1) is 16.0. The Morgan fingerprint density at radius 3 is 2.42 bits per heavy atom. The van der Waals surface area contributed by atoms with Gasteiger partial charge >= 0.3 is 5.91 Å². The number of hydrogen-bond acceptors (Lipinski definition) is 7. The minimum atomic E-state index is -0.901. The van der Waals surface area contributed by atoms with E-state index in [0.29, 0.717) is 46.0 Å². The number of aromatic nitrogens is 1. The topological polar surface area (TPSA) is 89.0 Å². The van der Waals surface area contributed by atoms with Crippen molar-refractivity contribution in [3.8, 4) is 11.5 Å². The molecule has 0 bridgehead atoms. The molecule has 0 saturated carbocycles. The number of anilines is 1. The van der Waals surface area contributed by atoms with Gasteiger partial charge < -0.3 is 14.6 Å². The van der Waals surface area contributed by atoms with Crippen LogP contribution in [-0.4, -0.2) is 35.0 Å². The van der Waals surface area contributed by atoms with Crippen LogP contribution >= 0.6 is 22.9 Å². The highest BCUT2D eigenvalue weighted by Crippen LogP contribution is 2.44. The molecule has 1 unspecified atom stereocenters. The maximum absolute atomic E-state index is 13.1. The second kappa shape index (κ2) is 9.64. The molecule has 4 rings (SSSR count). The molecular formula is C24H21ClN2O5S. The number of ether oxygens (including phenoxy) is 2. The number of benzene rings is 2. The second-order valence-corrected chi connectivity index (χ2v) is 8.37. The Balaban J connectivity index is 1.92. The zero-order valence-corrected chi connectivity index (χ0v) is 19.5. The average molecular weight is 485 g/mol. The van der Waals surface area contributed by atoms with Gasteiger partial charge in [-0.25, -0.2) is 4.98 Å². The lowest BCUT2D eigenvalue weighted by molar-refractivity contribution is -0.132. The number of amides is 1. The third kappa shape index (κ3) is 4.31. The number of aliphatic hydroxyl groups excluding tert-OH is 1. The van der Waals surface area contributed by atoms with Crippen LogP contribution in [0.2, 0.25) is 5.02 Å². The molecule has 1 amide bonds. The predicted molar refractivity (Wildman–Crippen MR) is 127 cm³/mol. The minimum Gasteiger partial charge on any atom is -0.507 e. The molecule has 1 aromatic heterocycles. The number of ketones is 1. The Hall–Kier alpha value is -3.36. The van der Waals surface area contributed by atoms with Gasteiger partial charge in [0.25, 0.3) is 5.78 Å². The molecule has 1 N–H and O–H groups in total. The fraction of sp³-hybridized carbons (Fsp3) is 0.208. The van der Waals surface area contributed by atoms with Crippen LogP contribution < -0.4 is 14.4 Å². The zero-order chi connectivity index (χ0) is 23.5. The summed E-state index contributed by atoms with van der Waals surface area (Å²) in [5.41, 5.74) is 0.911. The molecule has 3 aromatic rings. The Kier molecular flexibility index (Phi) is 6.67. The summed E-state index contributed by atoms with van der Waals surface area (Å²) in [6.45, 7) is 4.58. The lowest BCUT2D eigenvalue weighted by Crippen LogP contribution is -2.29. The average Bonchev–Trinajstić information content (AvgIpc) is 3.42. The molecule has 2 aromatic carbocycles. The van der Waals surface area contributed by atoms with Crippen molar-refractivity contribution in [2.24, 2.45) is 0 Å². The minimum absolute atomic E-state index is 0.0378. The van der Waals surface area contributed by atoms with Crippen LogP contribution in [0.4, 0.5) is 5.13 Å². The van der Waals surface area contributed by atoms with E-state index in [1.165, 1.54) is 16.2 Å². The van der Waals surface area contributed by atoms with E-state index in [4.69, 9.17) is 21.1 Å². The van der Waals surface area contributed by atoms with Crippen molar-refractivity contribution < 1.29 is 24.2 Å².